The number of amides is 1. The number of carbonyl (C=O) groups excluding carboxylic acids is 1. The molecule has 0 bridgehead atoms. The molecule has 1 aromatic heterocycles. The Morgan fingerprint density at radius 2 is 2.38 bits per heavy atom. The van der Waals surface area contributed by atoms with Crippen molar-refractivity contribution in [2.75, 3.05) is 13.2 Å². The largest absolute Gasteiger partial charge is 0.478 e. The van der Waals surface area contributed by atoms with Crippen molar-refractivity contribution >= 4 is 12.1 Å². The number of nitrogens with zero attached hydrogens (tertiary/aromatic N) is 1. The van der Waals surface area contributed by atoms with Gasteiger partial charge in [0.15, 0.2) is 0 Å². The Bertz CT molecular complexity index is 436. The third-order valence-corrected chi connectivity index (χ3v) is 2.39. The van der Waals surface area contributed by atoms with Crippen LogP contribution in [0.4, 0.5) is 4.79 Å². The van der Waals surface area contributed by atoms with Crippen LogP contribution in [0.25, 0.3) is 0 Å². The lowest BCUT2D eigenvalue weighted by atomic mass is 10.2. The fraction of sp³-hybridized carbons (Fsp3) is 0.400. The van der Waals surface area contributed by atoms with Crippen molar-refractivity contribution in [2.45, 2.75) is 13.5 Å². The average Bonchev–Trinajstić information content (AvgIpc) is 2.75. The van der Waals surface area contributed by atoms with E-state index in [4.69, 9.17) is 14.3 Å². The first-order valence-corrected chi connectivity index (χ1v) is 4.82. The van der Waals surface area contributed by atoms with Crippen LogP contribution in [0.1, 0.15) is 21.9 Å². The van der Waals surface area contributed by atoms with Gasteiger partial charge in [0.2, 0.25) is 0 Å². The predicted molar refractivity (Wildman–Crippen MR) is 52.2 cm³/mol. The van der Waals surface area contributed by atoms with E-state index in [2.05, 4.69) is 0 Å². The smallest absolute Gasteiger partial charge is 0.410 e. The Morgan fingerprint density at radius 1 is 1.62 bits per heavy atom. The molecule has 6 nitrogen and oxygen atoms in total. The van der Waals surface area contributed by atoms with Gasteiger partial charge in [-0.3, -0.25) is 4.90 Å². The van der Waals surface area contributed by atoms with Gasteiger partial charge < -0.3 is 14.3 Å². The summed E-state index contributed by atoms with van der Waals surface area (Å²) in [7, 11) is 0. The number of rotatable bonds is 3. The van der Waals surface area contributed by atoms with E-state index in [1.54, 1.807) is 6.92 Å². The number of furan rings is 1. The highest BCUT2D eigenvalue weighted by atomic mass is 16.6. The van der Waals surface area contributed by atoms with Crippen LogP contribution in [-0.2, 0) is 11.3 Å². The van der Waals surface area contributed by atoms with Crippen LogP contribution in [-0.4, -0.2) is 35.2 Å². The number of cyclic esters (lactones) is 1. The molecule has 2 rings (SSSR count). The highest BCUT2D eigenvalue weighted by Crippen LogP contribution is 2.17. The van der Waals surface area contributed by atoms with Crippen molar-refractivity contribution in [1.82, 2.24) is 4.90 Å². The average molecular weight is 225 g/mol. The molecule has 1 amide bonds. The van der Waals surface area contributed by atoms with Crippen molar-refractivity contribution in [2.24, 2.45) is 0 Å². The van der Waals surface area contributed by atoms with Gasteiger partial charge in [-0.2, -0.15) is 0 Å². The van der Waals surface area contributed by atoms with Gasteiger partial charge in [-0.05, 0) is 13.0 Å². The van der Waals surface area contributed by atoms with E-state index < -0.39 is 12.1 Å². The summed E-state index contributed by atoms with van der Waals surface area (Å²) in [6, 6.07) is 1.43. The topological polar surface area (TPSA) is 80.0 Å². The molecule has 0 spiro atoms. The first kappa shape index (κ1) is 10.5. The molecule has 0 radical (unpaired) electrons. The number of carboxylic acids is 1. The second-order valence-corrected chi connectivity index (χ2v) is 3.52. The lowest BCUT2D eigenvalue weighted by molar-refractivity contribution is 0.0695. The van der Waals surface area contributed by atoms with Crippen LogP contribution in [0, 0.1) is 6.92 Å². The number of aromatic carboxylic acids is 1. The molecule has 0 saturated carbocycles. The first-order chi connectivity index (χ1) is 7.58. The van der Waals surface area contributed by atoms with Crippen LogP contribution in [0.3, 0.4) is 0 Å². The molecule has 1 fully saturated rings. The van der Waals surface area contributed by atoms with Crippen LogP contribution in [0.5, 0.6) is 0 Å². The van der Waals surface area contributed by atoms with Crippen molar-refractivity contribution in [3.8, 4) is 0 Å². The molecule has 6 heteroatoms. The van der Waals surface area contributed by atoms with Crippen molar-refractivity contribution in [3.05, 3.63) is 23.2 Å². The van der Waals surface area contributed by atoms with Crippen LogP contribution in [0.2, 0.25) is 0 Å². The van der Waals surface area contributed by atoms with Crippen LogP contribution < -0.4 is 0 Å². The molecular formula is C10H11NO5. The molecule has 0 aromatic carbocycles. The molecule has 1 aliphatic rings. The molecular weight excluding hydrogens is 214 g/mol. The van der Waals surface area contributed by atoms with E-state index in [0.717, 1.165) is 0 Å². The number of ether oxygens (including phenoxy) is 1. The van der Waals surface area contributed by atoms with E-state index in [-0.39, 0.29) is 12.1 Å². The fourth-order valence-electron chi connectivity index (χ4n) is 1.59. The van der Waals surface area contributed by atoms with Gasteiger partial charge in [0, 0.05) is 0 Å². The third-order valence-electron chi connectivity index (χ3n) is 2.39. The minimum Gasteiger partial charge on any atom is -0.478 e. The number of hydrogen-bond acceptors (Lipinski definition) is 4. The Hall–Kier alpha value is -1.98. The van der Waals surface area contributed by atoms with Crippen molar-refractivity contribution in [1.29, 1.82) is 0 Å². The van der Waals surface area contributed by atoms with Crippen LogP contribution in [0.15, 0.2) is 10.5 Å². The van der Waals surface area contributed by atoms with E-state index in [0.29, 0.717) is 24.7 Å². The molecule has 1 aromatic rings. The summed E-state index contributed by atoms with van der Waals surface area (Å²) in [5.41, 5.74) is 0.127. The van der Waals surface area contributed by atoms with Gasteiger partial charge in [-0.1, -0.05) is 0 Å². The molecule has 86 valence electrons. The monoisotopic (exact) mass is 225 g/mol. The number of hydrogen-bond donors (Lipinski definition) is 1. The summed E-state index contributed by atoms with van der Waals surface area (Å²) < 4.78 is 10.0. The number of aryl methyl sites for hydroxylation is 1. The summed E-state index contributed by atoms with van der Waals surface area (Å²) in [4.78, 5) is 23.4. The highest BCUT2D eigenvalue weighted by Gasteiger charge is 2.24. The number of carbonyl (C=O) groups is 2. The lowest BCUT2D eigenvalue weighted by Gasteiger charge is -2.09. The summed E-state index contributed by atoms with van der Waals surface area (Å²) in [6.45, 7) is 2.69. The minimum atomic E-state index is -1.03. The molecule has 1 aliphatic heterocycles. The zero-order valence-electron chi connectivity index (χ0n) is 8.73. The second kappa shape index (κ2) is 3.88. The molecule has 1 saturated heterocycles. The Balaban J connectivity index is 2.13. The normalized spacial score (nSPS) is 15.3. The Morgan fingerprint density at radius 3 is 2.88 bits per heavy atom. The van der Waals surface area contributed by atoms with Gasteiger partial charge in [-0.15, -0.1) is 0 Å². The second-order valence-electron chi connectivity index (χ2n) is 3.52. The summed E-state index contributed by atoms with van der Waals surface area (Å²) in [5, 5.41) is 8.83. The quantitative estimate of drug-likeness (QED) is 0.837. The summed E-state index contributed by atoms with van der Waals surface area (Å²) >= 11 is 0. The Kier molecular flexibility index (Phi) is 2.55. The zero-order valence-corrected chi connectivity index (χ0v) is 8.73. The summed E-state index contributed by atoms with van der Waals surface area (Å²) in [5.74, 6) is -0.236. The first-order valence-electron chi connectivity index (χ1n) is 4.82. The van der Waals surface area contributed by atoms with Crippen molar-refractivity contribution < 1.29 is 23.8 Å². The summed E-state index contributed by atoms with van der Waals surface area (Å²) in [6.07, 6.45) is -0.397. The van der Waals surface area contributed by atoms with Gasteiger partial charge >= 0.3 is 12.1 Å². The van der Waals surface area contributed by atoms with E-state index in [9.17, 15) is 9.59 Å². The predicted octanol–water partition coefficient (Wildman–Crippen LogP) is 1.24. The highest BCUT2D eigenvalue weighted by molar-refractivity contribution is 5.88. The molecule has 0 unspecified atom stereocenters. The van der Waals surface area contributed by atoms with Gasteiger partial charge in [-0.25, -0.2) is 9.59 Å². The maximum Gasteiger partial charge on any atom is 0.410 e. The molecule has 0 atom stereocenters. The fourth-order valence-corrected chi connectivity index (χ4v) is 1.59. The standard InChI is InChI=1S/C10H11NO5/c1-6-8(9(12)13)4-7(16-6)5-11-2-3-15-10(11)14/h4H,2-3,5H2,1H3,(H,12,13). The van der Waals surface area contributed by atoms with E-state index in [1.165, 1.54) is 11.0 Å². The van der Waals surface area contributed by atoms with Gasteiger partial charge in [0.25, 0.3) is 0 Å². The lowest BCUT2D eigenvalue weighted by Crippen LogP contribution is -2.23. The van der Waals surface area contributed by atoms with Gasteiger partial charge in [0.05, 0.1) is 13.1 Å². The maximum atomic E-state index is 11.1. The zero-order chi connectivity index (χ0) is 11.7. The molecule has 16 heavy (non-hydrogen) atoms. The minimum absolute atomic E-state index is 0.127. The number of carboxylic acid groups (broad SMARTS) is 1. The SMILES string of the molecule is Cc1oc(CN2CCOC2=O)cc1C(=O)O. The molecule has 1 N–H and O–H groups in total. The maximum absolute atomic E-state index is 11.1. The third kappa shape index (κ3) is 1.86. The van der Waals surface area contributed by atoms with Gasteiger partial charge in [0.1, 0.15) is 23.7 Å². The van der Waals surface area contributed by atoms with E-state index in [1.807, 2.05) is 0 Å². The Labute approximate surface area is 91.4 Å². The van der Waals surface area contributed by atoms with E-state index >= 15 is 0 Å². The molecule has 2 heterocycles. The van der Waals surface area contributed by atoms with Crippen LogP contribution >= 0.6 is 0 Å². The van der Waals surface area contributed by atoms with Crippen molar-refractivity contribution in [3.63, 3.8) is 0 Å². The molecule has 0 aliphatic carbocycles.